The van der Waals surface area contributed by atoms with Crippen LogP contribution in [0.4, 0.5) is 5.82 Å². The molecule has 0 saturated carbocycles. The van der Waals surface area contributed by atoms with Gasteiger partial charge in [-0.3, -0.25) is 4.99 Å². The molecule has 3 heterocycles. The molecule has 0 amide bonds. The molecule has 1 fully saturated rings. The Balaban J connectivity index is 1.53. The summed E-state index contributed by atoms with van der Waals surface area (Å²) in [5.41, 5.74) is 0. The Morgan fingerprint density at radius 2 is 2.00 bits per heavy atom. The summed E-state index contributed by atoms with van der Waals surface area (Å²) in [7, 11) is 0. The van der Waals surface area contributed by atoms with Crippen LogP contribution in [-0.4, -0.2) is 76.1 Å². The molecule has 8 nitrogen and oxygen atoms in total. The Hall–Kier alpha value is -2.29. The van der Waals surface area contributed by atoms with Crippen molar-refractivity contribution in [1.29, 1.82) is 0 Å². The number of pyridine rings is 1. The van der Waals surface area contributed by atoms with E-state index in [1.54, 1.807) is 11.8 Å². The van der Waals surface area contributed by atoms with Gasteiger partial charge in [0.05, 0.1) is 0 Å². The second-order valence-electron chi connectivity index (χ2n) is 8.11. The third-order valence-electron chi connectivity index (χ3n) is 5.23. The van der Waals surface area contributed by atoms with Gasteiger partial charge in [0.25, 0.3) is 0 Å². The highest BCUT2D eigenvalue weighted by Crippen LogP contribution is 2.17. The van der Waals surface area contributed by atoms with Gasteiger partial charge in [0.2, 0.25) is 0 Å². The molecule has 9 heteroatoms. The summed E-state index contributed by atoms with van der Waals surface area (Å²) in [4.78, 5) is 14.1. The van der Waals surface area contributed by atoms with Crippen LogP contribution in [0.1, 0.15) is 33.0 Å². The zero-order valence-electron chi connectivity index (χ0n) is 19.3. The molecule has 1 aliphatic rings. The first-order chi connectivity index (χ1) is 15.1. The van der Waals surface area contributed by atoms with Crippen LogP contribution in [-0.2, 0) is 13.0 Å². The highest BCUT2D eigenvalue weighted by Gasteiger charge is 2.20. The lowest BCUT2D eigenvalue weighted by atomic mass is 10.2. The van der Waals surface area contributed by atoms with Crippen LogP contribution >= 0.6 is 11.8 Å². The van der Waals surface area contributed by atoms with Gasteiger partial charge in [-0.1, -0.05) is 31.7 Å². The van der Waals surface area contributed by atoms with Gasteiger partial charge >= 0.3 is 0 Å². The van der Waals surface area contributed by atoms with Crippen LogP contribution in [0.25, 0.3) is 0 Å². The molecular weight excluding hydrogens is 408 g/mol. The maximum atomic E-state index is 4.90. The maximum Gasteiger partial charge on any atom is 0.194 e. The number of aliphatic imine (C=N–C) groups is 1. The van der Waals surface area contributed by atoms with Crippen LogP contribution in [0, 0.1) is 5.92 Å². The quantitative estimate of drug-likeness (QED) is 0.276. The Bertz CT molecular complexity index is 812. The number of hydrogen-bond acceptors (Lipinski definition) is 6. The molecule has 2 aromatic rings. The van der Waals surface area contributed by atoms with Gasteiger partial charge in [0.15, 0.2) is 11.1 Å². The standard InChI is InChI=1S/C22H36N8S/c1-5-23-21(29-15-13-28(14-16-29)19-9-6-7-11-24-19)25-12-8-10-20-26-27-22(31-4)30(20)17-18(2)3/h6-7,9,11,18H,5,8,10,12-17H2,1-4H3,(H,23,25). The second kappa shape index (κ2) is 11.9. The monoisotopic (exact) mass is 444 g/mol. The topological polar surface area (TPSA) is 74.5 Å². The van der Waals surface area contributed by atoms with Crippen molar-refractivity contribution < 1.29 is 0 Å². The molecule has 31 heavy (non-hydrogen) atoms. The van der Waals surface area contributed by atoms with Crippen molar-refractivity contribution in [3.05, 3.63) is 30.2 Å². The summed E-state index contributed by atoms with van der Waals surface area (Å²) < 4.78 is 2.26. The first-order valence-electron chi connectivity index (χ1n) is 11.3. The van der Waals surface area contributed by atoms with Gasteiger partial charge in [0, 0.05) is 58.4 Å². The summed E-state index contributed by atoms with van der Waals surface area (Å²) in [5.74, 6) is 3.71. The summed E-state index contributed by atoms with van der Waals surface area (Å²) in [6.07, 6.45) is 5.78. The number of hydrogen-bond donors (Lipinski definition) is 1. The van der Waals surface area contributed by atoms with E-state index in [1.165, 1.54) is 0 Å². The minimum atomic E-state index is 0.573. The van der Waals surface area contributed by atoms with Crippen LogP contribution in [0.3, 0.4) is 0 Å². The lowest BCUT2D eigenvalue weighted by molar-refractivity contribution is 0.371. The van der Waals surface area contributed by atoms with Crippen molar-refractivity contribution >= 4 is 23.5 Å². The SMILES string of the molecule is CCNC(=NCCCc1nnc(SC)n1CC(C)C)N1CCN(c2ccccn2)CC1. The minimum Gasteiger partial charge on any atom is -0.357 e. The zero-order valence-corrected chi connectivity index (χ0v) is 20.1. The molecule has 0 radical (unpaired) electrons. The number of anilines is 1. The molecular formula is C22H36N8S. The van der Waals surface area contributed by atoms with Crippen molar-refractivity contribution in [3.63, 3.8) is 0 Å². The van der Waals surface area contributed by atoms with E-state index in [9.17, 15) is 0 Å². The van der Waals surface area contributed by atoms with E-state index in [2.05, 4.69) is 68.0 Å². The average Bonchev–Trinajstić information content (AvgIpc) is 3.17. The van der Waals surface area contributed by atoms with Gasteiger partial charge in [-0.25, -0.2) is 4.98 Å². The Kier molecular flexibility index (Phi) is 8.99. The average molecular weight is 445 g/mol. The normalized spacial score (nSPS) is 15.1. The molecule has 0 aliphatic carbocycles. The van der Waals surface area contributed by atoms with Crippen molar-refractivity contribution in [1.82, 2.24) is 30.0 Å². The molecule has 0 spiro atoms. The van der Waals surface area contributed by atoms with E-state index >= 15 is 0 Å². The fourth-order valence-electron chi connectivity index (χ4n) is 3.74. The number of nitrogens with zero attached hydrogens (tertiary/aromatic N) is 7. The van der Waals surface area contributed by atoms with E-state index in [4.69, 9.17) is 4.99 Å². The first-order valence-corrected chi connectivity index (χ1v) is 12.5. The van der Waals surface area contributed by atoms with E-state index in [-0.39, 0.29) is 0 Å². The number of aromatic nitrogens is 4. The number of rotatable bonds is 9. The summed E-state index contributed by atoms with van der Waals surface area (Å²) in [6, 6.07) is 6.09. The van der Waals surface area contributed by atoms with E-state index in [0.29, 0.717) is 5.92 Å². The third-order valence-corrected chi connectivity index (χ3v) is 5.90. The Labute approximate surface area is 190 Å². The lowest BCUT2D eigenvalue weighted by Gasteiger charge is -2.37. The van der Waals surface area contributed by atoms with Crippen LogP contribution in [0.2, 0.25) is 0 Å². The van der Waals surface area contributed by atoms with Crippen LogP contribution < -0.4 is 10.2 Å². The van der Waals surface area contributed by atoms with Gasteiger partial charge in [-0.2, -0.15) is 0 Å². The van der Waals surface area contributed by atoms with Crippen molar-refractivity contribution in [3.8, 4) is 0 Å². The van der Waals surface area contributed by atoms with Crippen molar-refractivity contribution in [2.45, 2.75) is 45.3 Å². The van der Waals surface area contributed by atoms with Gasteiger partial charge < -0.3 is 19.7 Å². The highest BCUT2D eigenvalue weighted by atomic mass is 32.2. The smallest absolute Gasteiger partial charge is 0.194 e. The van der Waals surface area contributed by atoms with E-state index in [1.807, 2.05) is 18.3 Å². The molecule has 2 aromatic heterocycles. The van der Waals surface area contributed by atoms with Crippen molar-refractivity contribution in [2.75, 3.05) is 50.4 Å². The molecule has 0 atom stereocenters. The molecule has 1 N–H and O–H groups in total. The van der Waals surface area contributed by atoms with E-state index < -0.39 is 0 Å². The minimum absolute atomic E-state index is 0.573. The fourth-order valence-corrected chi connectivity index (χ4v) is 4.26. The van der Waals surface area contributed by atoms with Gasteiger partial charge in [0.1, 0.15) is 11.6 Å². The number of thioether (sulfide) groups is 1. The van der Waals surface area contributed by atoms with Gasteiger partial charge in [-0.05, 0) is 37.7 Å². The fraction of sp³-hybridized carbons (Fsp3) is 0.636. The van der Waals surface area contributed by atoms with Gasteiger partial charge in [-0.15, -0.1) is 10.2 Å². The second-order valence-corrected chi connectivity index (χ2v) is 8.88. The third kappa shape index (κ3) is 6.59. The summed E-state index contributed by atoms with van der Waals surface area (Å²) in [5, 5.41) is 13.2. The largest absolute Gasteiger partial charge is 0.357 e. The molecule has 3 rings (SSSR count). The van der Waals surface area contributed by atoms with Crippen molar-refractivity contribution in [2.24, 2.45) is 10.9 Å². The first kappa shape index (κ1) is 23.4. The molecule has 170 valence electrons. The predicted octanol–water partition coefficient (Wildman–Crippen LogP) is 2.77. The number of guanidine groups is 1. The predicted molar refractivity (Wildman–Crippen MR) is 129 cm³/mol. The lowest BCUT2D eigenvalue weighted by Crippen LogP contribution is -2.52. The summed E-state index contributed by atoms with van der Waals surface area (Å²) in [6.45, 7) is 13.0. The summed E-state index contributed by atoms with van der Waals surface area (Å²) >= 11 is 1.66. The van der Waals surface area contributed by atoms with E-state index in [0.717, 1.165) is 81.4 Å². The highest BCUT2D eigenvalue weighted by molar-refractivity contribution is 7.98. The molecule has 0 bridgehead atoms. The maximum absolute atomic E-state index is 4.90. The zero-order chi connectivity index (χ0) is 22.1. The molecule has 1 aliphatic heterocycles. The molecule has 1 saturated heterocycles. The van der Waals surface area contributed by atoms with Crippen LogP contribution in [0.15, 0.2) is 34.5 Å². The number of aryl methyl sites for hydroxylation is 1. The molecule has 0 aromatic carbocycles. The Morgan fingerprint density at radius 3 is 2.65 bits per heavy atom. The Morgan fingerprint density at radius 1 is 1.19 bits per heavy atom. The van der Waals surface area contributed by atoms with Crippen LogP contribution in [0.5, 0.6) is 0 Å². The number of nitrogens with one attached hydrogen (secondary N) is 1. The number of piperazine rings is 1. The molecule has 0 unspecified atom stereocenters.